The summed E-state index contributed by atoms with van der Waals surface area (Å²) in [5, 5.41) is 4.72. The Balaban J connectivity index is 1.32. The molecule has 0 bridgehead atoms. The Hall–Kier alpha value is -3.25. The smallest absolute Gasteiger partial charge is 0.303 e. The summed E-state index contributed by atoms with van der Waals surface area (Å²) in [6.07, 6.45) is 8.70. The first kappa shape index (κ1) is 31.0. The fourth-order valence-electron chi connectivity index (χ4n) is 9.32. The van der Waals surface area contributed by atoms with Crippen LogP contribution in [0.5, 0.6) is 5.75 Å². The lowest BCUT2D eigenvalue weighted by Crippen LogP contribution is -2.60. The minimum atomic E-state index is -3.96. The summed E-state index contributed by atoms with van der Waals surface area (Å²) in [5.41, 5.74) is 5.32. The Morgan fingerprint density at radius 2 is 1.83 bits per heavy atom. The standard InChI is InChI=1S/C36H45N5O5S/c1-39(2)47(44,45)38-35(43)23-11-13-26-30(18-23)41-21-36(34(42)32-29-10-7-16-40(29)17-15-37-32)20-28(36)27-19-24(46-3)12-14-25(27)33(41)31(26)22-8-5-4-6-9-22/h11-14,18-19,22,28-29,32,37H,4-10,15-17,20-21H2,1-3H3,(H,38,43). The molecule has 2 aromatic carbocycles. The number of hydrogen-bond acceptors (Lipinski definition) is 7. The number of methoxy groups -OCH3 is 1. The first-order valence-corrected chi connectivity index (χ1v) is 18.7. The van der Waals surface area contributed by atoms with Gasteiger partial charge in [0.25, 0.3) is 5.91 Å². The van der Waals surface area contributed by atoms with Gasteiger partial charge in [0.05, 0.1) is 24.3 Å². The zero-order valence-electron chi connectivity index (χ0n) is 27.5. The molecule has 2 N–H and O–H groups in total. The number of ketones is 1. The van der Waals surface area contributed by atoms with E-state index in [-0.39, 0.29) is 23.6 Å². The van der Waals surface area contributed by atoms with Crippen molar-refractivity contribution in [1.82, 2.24) is 23.8 Å². The Morgan fingerprint density at radius 1 is 1.02 bits per heavy atom. The molecule has 5 aliphatic rings. The highest BCUT2D eigenvalue weighted by Crippen LogP contribution is 2.66. The number of ether oxygens (including phenoxy) is 1. The molecule has 3 aliphatic heterocycles. The normalized spacial score (nSPS) is 27.4. The molecule has 0 radical (unpaired) electrons. The number of amides is 1. The molecule has 1 amide bonds. The number of piperazine rings is 1. The maximum Gasteiger partial charge on any atom is 0.303 e. The number of carbonyl (C=O) groups is 2. The van der Waals surface area contributed by atoms with Crippen molar-refractivity contribution in [2.24, 2.45) is 5.41 Å². The van der Waals surface area contributed by atoms with E-state index in [1.165, 1.54) is 44.5 Å². The molecule has 4 atom stereocenters. The van der Waals surface area contributed by atoms with Gasteiger partial charge < -0.3 is 14.6 Å². The van der Waals surface area contributed by atoms with Crippen molar-refractivity contribution in [3.8, 4) is 17.0 Å². The van der Waals surface area contributed by atoms with Crippen LogP contribution in [0.3, 0.4) is 0 Å². The number of aromatic nitrogens is 1. The van der Waals surface area contributed by atoms with Crippen LogP contribution < -0.4 is 14.8 Å². The fourth-order valence-corrected chi connectivity index (χ4v) is 9.85. The van der Waals surface area contributed by atoms with E-state index in [4.69, 9.17) is 4.74 Å². The number of benzene rings is 2. The Labute approximate surface area is 277 Å². The van der Waals surface area contributed by atoms with Gasteiger partial charge in [-0.3, -0.25) is 14.5 Å². The molecule has 2 saturated heterocycles. The maximum atomic E-state index is 15.0. The molecule has 10 nitrogen and oxygen atoms in total. The van der Waals surface area contributed by atoms with Crippen LogP contribution >= 0.6 is 0 Å². The second-order valence-electron chi connectivity index (χ2n) is 14.5. The first-order chi connectivity index (χ1) is 22.6. The third kappa shape index (κ3) is 4.95. The van der Waals surface area contributed by atoms with Crippen molar-refractivity contribution in [3.63, 3.8) is 0 Å². The molecule has 0 spiro atoms. The number of nitrogens with zero attached hydrogens (tertiary/aromatic N) is 3. The molecule has 4 unspecified atom stereocenters. The largest absolute Gasteiger partial charge is 0.497 e. The van der Waals surface area contributed by atoms with Crippen LogP contribution in [0.2, 0.25) is 0 Å². The van der Waals surface area contributed by atoms with Gasteiger partial charge in [-0.05, 0) is 86.0 Å². The predicted octanol–water partition coefficient (Wildman–Crippen LogP) is 4.39. The molecule has 1 aromatic heterocycles. The Kier molecular flexibility index (Phi) is 7.55. The molecule has 8 rings (SSSR count). The summed E-state index contributed by atoms with van der Waals surface area (Å²) in [4.78, 5) is 30.8. The number of nitrogens with one attached hydrogen (secondary N) is 2. The van der Waals surface area contributed by atoms with Crippen LogP contribution in [0, 0.1) is 5.41 Å². The van der Waals surface area contributed by atoms with E-state index in [0.717, 1.165) is 84.0 Å². The van der Waals surface area contributed by atoms with Gasteiger partial charge in [0, 0.05) is 67.7 Å². The second kappa shape index (κ2) is 11.4. The highest BCUT2D eigenvalue weighted by Gasteiger charge is 2.64. The first-order valence-electron chi connectivity index (χ1n) is 17.2. The molecule has 4 heterocycles. The molecule has 11 heteroatoms. The summed E-state index contributed by atoms with van der Waals surface area (Å²) >= 11 is 0. The van der Waals surface area contributed by atoms with E-state index in [0.29, 0.717) is 18.2 Å². The van der Waals surface area contributed by atoms with E-state index in [1.54, 1.807) is 13.2 Å². The van der Waals surface area contributed by atoms with Gasteiger partial charge >= 0.3 is 10.2 Å². The van der Waals surface area contributed by atoms with Crippen LogP contribution in [-0.2, 0) is 21.5 Å². The maximum absolute atomic E-state index is 15.0. The summed E-state index contributed by atoms with van der Waals surface area (Å²) in [6.45, 7) is 3.38. The van der Waals surface area contributed by atoms with Gasteiger partial charge in [-0.15, -0.1) is 0 Å². The van der Waals surface area contributed by atoms with E-state index in [1.807, 2.05) is 18.2 Å². The topological polar surface area (TPSA) is 113 Å². The molecule has 2 aliphatic carbocycles. The SMILES string of the molecule is COc1ccc2c(c1)C1CC1(C(=O)C1NCCN3CCCC13)Cn1c-2c(C2CCCCC2)c2ccc(C(=O)NS(=O)(=O)N(C)C)cc21. The van der Waals surface area contributed by atoms with E-state index in [9.17, 15) is 18.0 Å². The summed E-state index contributed by atoms with van der Waals surface area (Å²) in [5.74, 6) is 0.855. The Bertz CT molecular complexity index is 1880. The zero-order valence-corrected chi connectivity index (χ0v) is 28.4. The van der Waals surface area contributed by atoms with Crippen molar-refractivity contribution in [1.29, 1.82) is 0 Å². The van der Waals surface area contributed by atoms with E-state index >= 15 is 0 Å². The molecule has 4 fully saturated rings. The lowest BCUT2D eigenvalue weighted by atomic mass is 9.81. The number of rotatable bonds is 7. The minimum absolute atomic E-state index is 0.0737. The molecule has 3 aromatic rings. The van der Waals surface area contributed by atoms with Crippen molar-refractivity contribution in [2.75, 3.05) is 40.8 Å². The quantitative estimate of drug-likeness (QED) is 0.387. The number of hydrogen-bond donors (Lipinski definition) is 2. The van der Waals surface area contributed by atoms with Crippen LogP contribution in [0.15, 0.2) is 36.4 Å². The van der Waals surface area contributed by atoms with Crippen molar-refractivity contribution in [2.45, 2.75) is 81.8 Å². The lowest BCUT2D eigenvalue weighted by Gasteiger charge is -2.38. The summed E-state index contributed by atoms with van der Waals surface area (Å²) < 4.78 is 36.4. The summed E-state index contributed by atoms with van der Waals surface area (Å²) in [7, 11) is 0.512. The lowest BCUT2D eigenvalue weighted by molar-refractivity contribution is -0.129. The van der Waals surface area contributed by atoms with Crippen molar-refractivity contribution < 1.29 is 22.7 Å². The van der Waals surface area contributed by atoms with Crippen LogP contribution in [0.4, 0.5) is 0 Å². The van der Waals surface area contributed by atoms with Crippen molar-refractivity contribution in [3.05, 3.63) is 53.1 Å². The van der Waals surface area contributed by atoms with E-state index in [2.05, 4.69) is 31.6 Å². The highest BCUT2D eigenvalue weighted by molar-refractivity contribution is 7.87. The third-order valence-corrected chi connectivity index (χ3v) is 13.2. The van der Waals surface area contributed by atoms with Gasteiger partial charge in [-0.25, -0.2) is 4.72 Å². The second-order valence-corrected chi connectivity index (χ2v) is 16.4. The van der Waals surface area contributed by atoms with Crippen LogP contribution in [0.25, 0.3) is 22.2 Å². The van der Waals surface area contributed by atoms with Gasteiger partial charge in [-0.2, -0.15) is 12.7 Å². The number of fused-ring (bicyclic) bond motifs is 8. The monoisotopic (exact) mass is 659 g/mol. The number of Topliss-reactive ketones (excluding diaryl/α,β-unsaturated/α-hetero) is 1. The third-order valence-electron chi connectivity index (χ3n) is 11.8. The van der Waals surface area contributed by atoms with Crippen LogP contribution in [-0.4, -0.2) is 86.8 Å². The molecular formula is C36H45N5O5S. The highest BCUT2D eigenvalue weighted by atomic mass is 32.2. The molecular weight excluding hydrogens is 614 g/mol. The molecule has 2 saturated carbocycles. The average molecular weight is 660 g/mol. The molecule has 250 valence electrons. The number of carbonyl (C=O) groups excluding carboxylic acids is 2. The van der Waals surface area contributed by atoms with Crippen LogP contribution in [0.1, 0.15) is 84.7 Å². The minimum Gasteiger partial charge on any atom is -0.497 e. The van der Waals surface area contributed by atoms with Crippen molar-refractivity contribution >= 4 is 32.8 Å². The van der Waals surface area contributed by atoms with Gasteiger partial charge in [0.15, 0.2) is 5.78 Å². The zero-order chi connectivity index (χ0) is 32.7. The molecule has 47 heavy (non-hydrogen) atoms. The Morgan fingerprint density at radius 3 is 2.60 bits per heavy atom. The van der Waals surface area contributed by atoms with Gasteiger partial charge in [-0.1, -0.05) is 25.3 Å². The predicted molar refractivity (Wildman–Crippen MR) is 181 cm³/mol. The average Bonchev–Trinajstić information content (AvgIpc) is 3.48. The van der Waals surface area contributed by atoms with Gasteiger partial charge in [0.1, 0.15) is 5.75 Å². The van der Waals surface area contributed by atoms with Gasteiger partial charge in [0.2, 0.25) is 0 Å². The van der Waals surface area contributed by atoms with E-state index < -0.39 is 21.5 Å². The summed E-state index contributed by atoms with van der Waals surface area (Å²) in [6, 6.07) is 11.9. The fraction of sp³-hybridized carbons (Fsp3) is 0.556.